The summed E-state index contributed by atoms with van der Waals surface area (Å²) in [5.41, 5.74) is 5.08. The third-order valence-corrected chi connectivity index (χ3v) is 8.42. The monoisotopic (exact) mass is 526 g/mol. The van der Waals surface area contributed by atoms with Crippen LogP contribution in [0.2, 0.25) is 0 Å². The van der Waals surface area contributed by atoms with Crippen LogP contribution in [0.4, 0.5) is 0 Å². The molecule has 0 unspecified atom stereocenters. The highest BCUT2D eigenvalue weighted by Gasteiger charge is 2.40. The fourth-order valence-electron chi connectivity index (χ4n) is 6.24. The average molecular weight is 527 g/mol. The smallest absolute Gasteiger partial charge is 0.0635 e. The maximum Gasteiger partial charge on any atom is 0.0635 e. The number of methoxy groups -OCH3 is 1. The summed E-state index contributed by atoms with van der Waals surface area (Å²) in [4.78, 5) is 7.60. The first kappa shape index (κ1) is 28.0. The van der Waals surface area contributed by atoms with Crippen LogP contribution in [0.5, 0.6) is 0 Å². The molecular formula is C34H39ClN2O. The summed E-state index contributed by atoms with van der Waals surface area (Å²) < 4.78 is 5.54. The SMILES string of the molecule is COCCC1(c2ccccc2)CCN(CCC(c2ccccc2)(c2ccccc2)c2ccccn2)CC1.Cl. The Hall–Kier alpha value is -2.98. The van der Waals surface area contributed by atoms with Gasteiger partial charge in [0.15, 0.2) is 0 Å². The highest BCUT2D eigenvalue weighted by Crippen LogP contribution is 2.43. The Balaban J connectivity index is 0.00000336. The van der Waals surface area contributed by atoms with Gasteiger partial charge in [0.2, 0.25) is 0 Å². The molecule has 0 bridgehead atoms. The van der Waals surface area contributed by atoms with Crippen molar-refractivity contribution in [3.63, 3.8) is 0 Å². The second-order valence-electron chi connectivity index (χ2n) is 10.3. The van der Waals surface area contributed by atoms with Gasteiger partial charge in [0, 0.05) is 19.9 Å². The summed E-state index contributed by atoms with van der Waals surface area (Å²) in [7, 11) is 1.82. The fraction of sp³-hybridized carbons (Fsp3) is 0.324. The van der Waals surface area contributed by atoms with E-state index in [-0.39, 0.29) is 23.2 Å². The minimum atomic E-state index is -0.298. The van der Waals surface area contributed by atoms with E-state index in [4.69, 9.17) is 9.72 Å². The number of ether oxygens (including phenoxy) is 1. The predicted molar refractivity (Wildman–Crippen MR) is 159 cm³/mol. The molecule has 0 N–H and O–H groups in total. The molecule has 2 heterocycles. The number of nitrogens with zero attached hydrogens (tertiary/aromatic N) is 2. The van der Waals surface area contributed by atoms with Gasteiger partial charge < -0.3 is 9.64 Å². The Labute approximate surface area is 234 Å². The topological polar surface area (TPSA) is 25.4 Å². The first-order valence-electron chi connectivity index (χ1n) is 13.6. The van der Waals surface area contributed by atoms with Crippen molar-refractivity contribution in [1.82, 2.24) is 9.88 Å². The van der Waals surface area contributed by atoms with Gasteiger partial charge in [-0.25, -0.2) is 0 Å². The lowest BCUT2D eigenvalue weighted by molar-refractivity contribution is 0.110. The maximum absolute atomic E-state index is 5.54. The summed E-state index contributed by atoms with van der Waals surface area (Å²) in [5.74, 6) is 0. The van der Waals surface area contributed by atoms with Gasteiger partial charge in [0.1, 0.15) is 0 Å². The molecule has 1 fully saturated rings. The van der Waals surface area contributed by atoms with Gasteiger partial charge in [0.05, 0.1) is 11.1 Å². The molecule has 0 atom stereocenters. The van der Waals surface area contributed by atoms with Crippen LogP contribution in [-0.4, -0.2) is 43.2 Å². The van der Waals surface area contributed by atoms with Crippen LogP contribution in [0.15, 0.2) is 115 Å². The zero-order chi connectivity index (χ0) is 25.4. The quantitative estimate of drug-likeness (QED) is 0.217. The van der Waals surface area contributed by atoms with E-state index in [0.717, 1.165) is 57.6 Å². The van der Waals surface area contributed by atoms with E-state index in [1.165, 1.54) is 16.7 Å². The van der Waals surface area contributed by atoms with Crippen LogP contribution in [0, 0.1) is 0 Å². The molecule has 0 amide bonds. The Bertz CT molecular complexity index is 1110. The number of hydrogen-bond donors (Lipinski definition) is 0. The van der Waals surface area contributed by atoms with Crippen LogP contribution in [-0.2, 0) is 15.6 Å². The molecule has 1 aliphatic rings. The number of likely N-dealkylation sites (tertiary alicyclic amines) is 1. The van der Waals surface area contributed by atoms with Crippen molar-refractivity contribution in [2.24, 2.45) is 0 Å². The van der Waals surface area contributed by atoms with Crippen molar-refractivity contribution in [2.45, 2.75) is 36.5 Å². The number of halogens is 1. The first-order valence-corrected chi connectivity index (χ1v) is 13.6. The zero-order valence-electron chi connectivity index (χ0n) is 22.3. The number of rotatable bonds is 10. The first-order chi connectivity index (χ1) is 18.3. The molecule has 0 spiro atoms. The van der Waals surface area contributed by atoms with Gasteiger partial charge in [-0.3, -0.25) is 4.98 Å². The molecule has 3 nitrogen and oxygen atoms in total. The van der Waals surface area contributed by atoms with Crippen LogP contribution < -0.4 is 0 Å². The zero-order valence-corrected chi connectivity index (χ0v) is 23.2. The molecule has 1 aromatic heterocycles. The number of pyridine rings is 1. The van der Waals surface area contributed by atoms with E-state index in [1.54, 1.807) is 0 Å². The fourth-order valence-corrected chi connectivity index (χ4v) is 6.24. The second kappa shape index (κ2) is 13.2. The molecule has 38 heavy (non-hydrogen) atoms. The summed E-state index contributed by atoms with van der Waals surface area (Å²) >= 11 is 0. The van der Waals surface area contributed by atoms with Crippen molar-refractivity contribution in [1.29, 1.82) is 0 Å². The van der Waals surface area contributed by atoms with E-state index in [1.807, 2.05) is 19.4 Å². The molecule has 4 aromatic rings. The summed E-state index contributed by atoms with van der Waals surface area (Å²) in [5, 5.41) is 0. The Morgan fingerprint density at radius 2 is 1.32 bits per heavy atom. The minimum Gasteiger partial charge on any atom is -0.385 e. The third kappa shape index (κ3) is 5.86. The van der Waals surface area contributed by atoms with Crippen molar-refractivity contribution >= 4 is 12.4 Å². The molecule has 0 radical (unpaired) electrons. The average Bonchev–Trinajstić information content (AvgIpc) is 2.99. The van der Waals surface area contributed by atoms with Gasteiger partial charge in [-0.1, -0.05) is 97.1 Å². The highest BCUT2D eigenvalue weighted by atomic mass is 35.5. The van der Waals surface area contributed by atoms with Crippen LogP contribution in [0.3, 0.4) is 0 Å². The predicted octanol–water partition coefficient (Wildman–Crippen LogP) is 7.30. The molecule has 5 rings (SSSR count). The molecule has 1 aliphatic heterocycles. The lowest BCUT2D eigenvalue weighted by Crippen LogP contribution is -2.45. The van der Waals surface area contributed by atoms with Gasteiger partial charge in [-0.15, -0.1) is 12.4 Å². The highest BCUT2D eigenvalue weighted by molar-refractivity contribution is 5.85. The standard InChI is InChI=1S/C34H38N2O.ClH/c1-37-28-23-33(29-13-5-2-6-14-29)20-25-36(26-21-33)27-22-34(30-15-7-3-8-16-30,31-17-9-4-10-18-31)32-19-11-12-24-35-32;/h2-19,24H,20-23,25-28H2,1H3;1H. The van der Waals surface area contributed by atoms with E-state index in [2.05, 4.69) is 108 Å². The molecule has 1 saturated heterocycles. The largest absolute Gasteiger partial charge is 0.385 e. The van der Waals surface area contributed by atoms with E-state index >= 15 is 0 Å². The third-order valence-electron chi connectivity index (χ3n) is 8.42. The van der Waals surface area contributed by atoms with Gasteiger partial charge in [-0.05, 0) is 79.6 Å². The minimum absolute atomic E-state index is 0. The number of benzene rings is 3. The molecule has 0 aliphatic carbocycles. The lowest BCUT2D eigenvalue weighted by atomic mass is 9.68. The van der Waals surface area contributed by atoms with Gasteiger partial charge in [-0.2, -0.15) is 0 Å². The Morgan fingerprint density at radius 1 is 0.763 bits per heavy atom. The van der Waals surface area contributed by atoms with Gasteiger partial charge in [0.25, 0.3) is 0 Å². The molecule has 3 aromatic carbocycles. The Morgan fingerprint density at radius 3 is 1.84 bits per heavy atom. The summed E-state index contributed by atoms with van der Waals surface area (Å²) in [6.45, 7) is 4.02. The van der Waals surface area contributed by atoms with E-state index in [0.29, 0.717) is 0 Å². The van der Waals surface area contributed by atoms with E-state index < -0.39 is 0 Å². The normalized spacial score (nSPS) is 15.5. The number of hydrogen-bond acceptors (Lipinski definition) is 3. The molecule has 198 valence electrons. The van der Waals surface area contributed by atoms with Gasteiger partial charge >= 0.3 is 0 Å². The Kier molecular flexibility index (Phi) is 9.74. The number of aromatic nitrogens is 1. The molecule has 4 heteroatoms. The van der Waals surface area contributed by atoms with Crippen LogP contribution in [0.25, 0.3) is 0 Å². The lowest BCUT2D eigenvalue weighted by Gasteiger charge is -2.44. The van der Waals surface area contributed by atoms with Crippen LogP contribution >= 0.6 is 12.4 Å². The molecule has 0 saturated carbocycles. The maximum atomic E-state index is 5.54. The number of piperidine rings is 1. The van der Waals surface area contributed by atoms with Crippen molar-refractivity contribution in [3.8, 4) is 0 Å². The van der Waals surface area contributed by atoms with E-state index in [9.17, 15) is 0 Å². The van der Waals surface area contributed by atoms with Crippen molar-refractivity contribution in [3.05, 3.63) is 138 Å². The summed E-state index contributed by atoms with van der Waals surface area (Å²) in [6, 6.07) is 39.3. The second-order valence-corrected chi connectivity index (χ2v) is 10.3. The van der Waals surface area contributed by atoms with Crippen LogP contribution in [0.1, 0.15) is 48.1 Å². The van der Waals surface area contributed by atoms with Crippen molar-refractivity contribution in [2.75, 3.05) is 33.4 Å². The molecular weight excluding hydrogens is 488 g/mol. The summed E-state index contributed by atoms with van der Waals surface area (Å²) in [6.07, 6.45) is 6.31. The van der Waals surface area contributed by atoms with Crippen molar-refractivity contribution < 1.29 is 4.74 Å².